The molecule has 1 aliphatic heterocycles. The van der Waals surface area contributed by atoms with Crippen molar-refractivity contribution >= 4 is 23.5 Å². The number of hydrogen-bond acceptors (Lipinski definition) is 3. The molecule has 0 unspecified atom stereocenters. The summed E-state index contributed by atoms with van der Waals surface area (Å²) < 4.78 is 0. The summed E-state index contributed by atoms with van der Waals surface area (Å²) in [5.74, 6) is -1.38. The largest absolute Gasteiger partial charge is 0.481 e. The number of carbonyl (C=O) groups is 3. The van der Waals surface area contributed by atoms with Crippen LogP contribution in [0, 0.1) is 5.41 Å². The SMILES string of the molecule is CC1(C)CC(=O)N(c2ccc(C(C)(C)C(=O)O)cc2)C1=O. The number of imide groups is 1. The molecular formula is C16H19NO4. The maximum absolute atomic E-state index is 12.2. The summed E-state index contributed by atoms with van der Waals surface area (Å²) in [6.07, 6.45) is 0.189. The lowest BCUT2D eigenvalue weighted by molar-refractivity contribution is -0.142. The zero-order chi connectivity index (χ0) is 16.0. The zero-order valence-electron chi connectivity index (χ0n) is 12.6. The minimum Gasteiger partial charge on any atom is -0.481 e. The molecule has 112 valence electrons. The van der Waals surface area contributed by atoms with Crippen LogP contribution < -0.4 is 4.90 Å². The minimum absolute atomic E-state index is 0.189. The van der Waals surface area contributed by atoms with Crippen LogP contribution in [0.25, 0.3) is 0 Å². The van der Waals surface area contributed by atoms with Crippen molar-refractivity contribution in [2.45, 2.75) is 39.5 Å². The van der Waals surface area contributed by atoms with Crippen LogP contribution in [-0.4, -0.2) is 22.9 Å². The Morgan fingerprint density at radius 1 is 1.19 bits per heavy atom. The van der Waals surface area contributed by atoms with Gasteiger partial charge >= 0.3 is 5.97 Å². The van der Waals surface area contributed by atoms with E-state index >= 15 is 0 Å². The van der Waals surface area contributed by atoms with Crippen molar-refractivity contribution in [1.29, 1.82) is 0 Å². The molecule has 0 spiro atoms. The molecule has 21 heavy (non-hydrogen) atoms. The zero-order valence-corrected chi connectivity index (χ0v) is 12.6. The third-order valence-corrected chi connectivity index (χ3v) is 4.01. The number of aliphatic carboxylic acids is 1. The van der Waals surface area contributed by atoms with Crippen LogP contribution in [0.4, 0.5) is 5.69 Å². The van der Waals surface area contributed by atoms with Crippen LogP contribution in [0.1, 0.15) is 39.7 Å². The van der Waals surface area contributed by atoms with Crippen LogP contribution in [-0.2, 0) is 19.8 Å². The quantitative estimate of drug-likeness (QED) is 0.867. The van der Waals surface area contributed by atoms with Gasteiger partial charge in [0.2, 0.25) is 11.8 Å². The second-order valence-corrected chi connectivity index (χ2v) is 6.57. The molecule has 1 aliphatic rings. The maximum atomic E-state index is 12.2. The number of nitrogens with zero attached hydrogens (tertiary/aromatic N) is 1. The molecule has 5 heteroatoms. The summed E-state index contributed by atoms with van der Waals surface area (Å²) >= 11 is 0. The summed E-state index contributed by atoms with van der Waals surface area (Å²) in [4.78, 5) is 36.7. The van der Waals surface area contributed by atoms with Crippen molar-refractivity contribution in [3.05, 3.63) is 29.8 Å². The van der Waals surface area contributed by atoms with Gasteiger partial charge in [-0.3, -0.25) is 19.3 Å². The molecule has 1 aromatic carbocycles. The van der Waals surface area contributed by atoms with E-state index in [1.807, 2.05) is 0 Å². The van der Waals surface area contributed by atoms with E-state index in [0.717, 1.165) is 0 Å². The van der Waals surface area contributed by atoms with Crippen LogP contribution in [0.15, 0.2) is 24.3 Å². The molecule has 1 fully saturated rings. The van der Waals surface area contributed by atoms with Gasteiger partial charge in [0.05, 0.1) is 16.5 Å². The summed E-state index contributed by atoms with van der Waals surface area (Å²) in [6.45, 7) is 6.71. The highest BCUT2D eigenvalue weighted by Crippen LogP contribution is 2.35. The van der Waals surface area contributed by atoms with Crippen molar-refractivity contribution in [2.75, 3.05) is 4.90 Å². The van der Waals surface area contributed by atoms with E-state index in [9.17, 15) is 19.5 Å². The monoisotopic (exact) mass is 289 g/mol. The van der Waals surface area contributed by atoms with Crippen LogP contribution >= 0.6 is 0 Å². The number of carboxylic acids is 1. The predicted octanol–water partition coefficient (Wildman–Crippen LogP) is 2.34. The fourth-order valence-electron chi connectivity index (χ4n) is 2.36. The third-order valence-electron chi connectivity index (χ3n) is 4.01. The van der Waals surface area contributed by atoms with Gasteiger partial charge in [-0.15, -0.1) is 0 Å². The lowest BCUT2D eigenvalue weighted by atomic mass is 9.85. The molecule has 5 nitrogen and oxygen atoms in total. The summed E-state index contributed by atoms with van der Waals surface area (Å²) in [7, 11) is 0. The highest BCUT2D eigenvalue weighted by molar-refractivity contribution is 6.22. The highest BCUT2D eigenvalue weighted by Gasteiger charge is 2.45. The Bertz CT molecular complexity index is 614. The number of anilines is 1. The van der Waals surface area contributed by atoms with Gasteiger partial charge in [-0.05, 0) is 31.5 Å². The average Bonchev–Trinajstić information content (AvgIpc) is 2.58. The first-order valence-corrected chi connectivity index (χ1v) is 6.79. The molecule has 1 saturated heterocycles. The normalized spacial score (nSPS) is 18.2. The molecule has 1 heterocycles. The maximum Gasteiger partial charge on any atom is 0.313 e. The molecule has 2 rings (SSSR count). The van der Waals surface area contributed by atoms with Gasteiger partial charge in [0, 0.05) is 6.42 Å². The first-order chi connectivity index (χ1) is 9.57. The Morgan fingerprint density at radius 2 is 1.71 bits per heavy atom. The topological polar surface area (TPSA) is 74.7 Å². The second kappa shape index (κ2) is 4.69. The van der Waals surface area contributed by atoms with Crippen LogP contribution in [0.5, 0.6) is 0 Å². The van der Waals surface area contributed by atoms with E-state index in [2.05, 4.69) is 0 Å². The van der Waals surface area contributed by atoms with Crippen molar-refractivity contribution in [2.24, 2.45) is 5.41 Å². The first-order valence-electron chi connectivity index (χ1n) is 6.79. The Kier molecular flexibility index (Phi) is 3.40. The number of benzene rings is 1. The van der Waals surface area contributed by atoms with Gasteiger partial charge in [-0.1, -0.05) is 26.0 Å². The number of carbonyl (C=O) groups excluding carboxylic acids is 2. The van der Waals surface area contributed by atoms with E-state index in [0.29, 0.717) is 11.3 Å². The Labute approximate surface area is 123 Å². The van der Waals surface area contributed by atoms with E-state index in [1.54, 1.807) is 52.0 Å². The van der Waals surface area contributed by atoms with Gasteiger partial charge in [-0.25, -0.2) is 0 Å². The van der Waals surface area contributed by atoms with E-state index in [1.165, 1.54) is 4.90 Å². The van der Waals surface area contributed by atoms with Gasteiger partial charge in [0.1, 0.15) is 0 Å². The molecular weight excluding hydrogens is 270 g/mol. The minimum atomic E-state index is -1.02. The van der Waals surface area contributed by atoms with E-state index in [-0.39, 0.29) is 18.2 Å². The Morgan fingerprint density at radius 3 is 2.10 bits per heavy atom. The van der Waals surface area contributed by atoms with Gasteiger partial charge in [0.25, 0.3) is 0 Å². The molecule has 1 aromatic rings. The van der Waals surface area contributed by atoms with Gasteiger partial charge in [0.15, 0.2) is 0 Å². The van der Waals surface area contributed by atoms with Crippen LogP contribution in [0.3, 0.4) is 0 Å². The summed E-state index contributed by atoms with van der Waals surface area (Å²) in [6, 6.07) is 6.54. The number of rotatable bonds is 3. The molecule has 0 aliphatic carbocycles. The smallest absolute Gasteiger partial charge is 0.313 e. The average molecular weight is 289 g/mol. The van der Waals surface area contributed by atoms with Crippen molar-refractivity contribution < 1.29 is 19.5 Å². The first kappa shape index (κ1) is 15.2. The lowest BCUT2D eigenvalue weighted by Gasteiger charge is -2.22. The summed E-state index contributed by atoms with van der Waals surface area (Å²) in [5, 5.41) is 9.21. The van der Waals surface area contributed by atoms with E-state index < -0.39 is 16.8 Å². The van der Waals surface area contributed by atoms with Gasteiger partial charge < -0.3 is 5.11 Å². The second-order valence-electron chi connectivity index (χ2n) is 6.57. The molecule has 0 radical (unpaired) electrons. The van der Waals surface area contributed by atoms with Crippen molar-refractivity contribution in [1.82, 2.24) is 0 Å². The van der Waals surface area contributed by atoms with Crippen molar-refractivity contribution in [3.8, 4) is 0 Å². The molecule has 0 atom stereocenters. The number of amides is 2. The molecule has 2 amide bonds. The fourth-order valence-corrected chi connectivity index (χ4v) is 2.36. The Hall–Kier alpha value is -2.17. The summed E-state index contributed by atoms with van der Waals surface area (Å²) in [5.41, 5.74) is -0.593. The molecule has 0 bridgehead atoms. The third kappa shape index (κ3) is 2.44. The molecule has 0 aromatic heterocycles. The lowest BCUT2D eigenvalue weighted by Crippen LogP contribution is -2.33. The number of carboxylic acid groups (broad SMARTS) is 1. The molecule has 1 N–H and O–H groups in total. The van der Waals surface area contributed by atoms with Crippen LogP contribution in [0.2, 0.25) is 0 Å². The predicted molar refractivity (Wildman–Crippen MR) is 78.0 cm³/mol. The number of hydrogen-bond donors (Lipinski definition) is 1. The van der Waals surface area contributed by atoms with E-state index in [4.69, 9.17) is 0 Å². The standard InChI is InChI=1S/C16H19NO4/c1-15(2)9-12(18)17(13(15)19)11-7-5-10(6-8-11)16(3,4)14(20)21/h5-8H,9H2,1-4H3,(H,20,21). The molecule has 0 saturated carbocycles. The Balaban J connectivity index is 2.35. The fraction of sp³-hybridized carbons (Fsp3) is 0.438. The highest BCUT2D eigenvalue weighted by atomic mass is 16.4. The van der Waals surface area contributed by atoms with Crippen molar-refractivity contribution in [3.63, 3.8) is 0 Å². The van der Waals surface area contributed by atoms with Gasteiger partial charge in [-0.2, -0.15) is 0 Å².